The lowest BCUT2D eigenvalue weighted by Gasteiger charge is -2.37. The number of aromatic nitrogens is 6. The molecule has 0 spiro atoms. The summed E-state index contributed by atoms with van der Waals surface area (Å²) in [6, 6.07) is 9.37. The molecule has 30 heavy (non-hydrogen) atoms. The first-order valence-corrected chi connectivity index (χ1v) is 10.7. The Kier molecular flexibility index (Phi) is 4.86. The summed E-state index contributed by atoms with van der Waals surface area (Å²) in [6.07, 6.45) is 5.57. The second kappa shape index (κ2) is 7.68. The number of piperidine rings is 1. The molecule has 0 amide bonds. The normalized spacial score (nSPS) is 19.0. The lowest BCUT2D eigenvalue weighted by molar-refractivity contribution is 0.143. The number of fused-ring (bicyclic) bond motifs is 2. The van der Waals surface area contributed by atoms with Gasteiger partial charge in [0.2, 0.25) is 0 Å². The maximum absolute atomic E-state index is 5.03. The predicted molar refractivity (Wildman–Crippen MR) is 118 cm³/mol. The first-order chi connectivity index (χ1) is 14.6. The molecule has 1 saturated heterocycles. The van der Waals surface area contributed by atoms with E-state index in [1.807, 2.05) is 0 Å². The largest absolute Gasteiger partial charge is 0.358 e. The molecule has 3 aromatic heterocycles. The van der Waals surface area contributed by atoms with E-state index in [1.165, 1.54) is 24.9 Å². The predicted octanol–water partition coefficient (Wildman–Crippen LogP) is 3.92. The molecule has 8 heteroatoms. The molecule has 156 valence electrons. The van der Waals surface area contributed by atoms with Gasteiger partial charge in [0, 0.05) is 18.6 Å². The second-order valence-electron chi connectivity index (χ2n) is 8.40. The van der Waals surface area contributed by atoms with Crippen LogP contribution in [-0.4, -0.2) is 53.5 Å². The van der Waals surface area contributed by atoms with Crippen LogP contribution in [0.4, 0.5) is 5.82 Å². The van der Waals surface area contributed by atoms with Crippen LogP contribution >= 0.6 is 0 Å². The quantitative estimate of drug-likeness (QED) is 0.524. The summed E-state index contributed by atoms with van der Waals surface area (Å²) >= 11 is 0. The monoisotopic (exact) mass is 404 g/mol. The molecule has 0 radical (unpaired) electrons. The van der Waals surface area contributed by atoms with Crippen LogP contribution in [-0.2, 0) is 0 Å². The minimum absolute atomic E-state index is 0.0263. The van der Waals surface area contributed by atoms with Crippen LogP contribution in [0.15, 0.2) is 36.9 Å². The third-order valence-corrected chi connectivity index (χ3v) is 6.10. The van der Waals surface area contributed by atoms with Gasteiger partial charge in [-0.05, 0) is 52.3 Å². The Labute approximate surface area is 175 Å². The number of hydrogen-bond donors (Lipinski definition) is 2. The van der Waals surface area contributed by atoms with Crippen molar-refractivity contribution >= 4 is 28.0 Å². The van der Waals surface area contributed by atoms with Gasteiger partial charge in [-0.3, -0.25) is 4.90 Å². The number of nitrogens with zero attached hydrogens (tertiary/aromatic N) is 6. The van der Waals surface area contributed by atoms with E-state index in [1.54, 1.807) is 12.7 Å². The van der Waals surface area contributed by atoms with Gasteiger partial charge in [0.15, 0.2) is 11.5 Å². The fourth-order valence-electron chi connectivity index (χ4n) is 4.56. The fourth-order valence-corrected chi connectivity index (χ4v) is 4.56. The molecule has 0 saturated carbocycles. The van der Waals surface area contributed by atoms with E-state index in [4.69, 9.17) is 4.98 Å². The Hall–Kier alpha value is -3.00. The molecule has 2 atom stereocenters. The van der Waals surface area contributed by atoms with Gasteiger partial charge in [0.25, 0.3) is 0 Å². The van der Waals surface area contributed by atoms with Crippen LogP contribution in [0.1, 0.15) is 51.5 Å². The highest BCUT2D eigenvalue weighted by molar-refractivity contribution is 5.82. The fraction of sp³-hybridized carbons (Fsp3) is 0.455. The van der Waals surface area contributed by atoms with Gasteiger partial charge in [-0.25, -0.2) is 19.9 Å². The number of aromatic amines is 1. The van der Waals surface area contributed by atoms with Gasteiger partial charge in [0.05, 0.1) is 23.4 Å². The number of rotatable bonds is 5. The SMILES string of the molecule is CC(C)N1CCCC(n2c([C@H](C)Nc3ncnc4[nH]cnc34)nc3ccccc32)C1. The number of H-pyrrole nitrogens is 1. The molecule has 1 unspecified atom stereocenters. The Morgan fingerprint density at radius 3 is 2.87 bits per heavy atom. The average molecular weight is 405 g/mol. The van der Waals surface area contributed by atoms with Gasteiger partial charge in [0.1, 0.15) is 17.7 Å². The summed E-state index contributed by atoms with van der Waals surface area (Å²) in [4.78, 5) is 23.7. The van der Waals surface area contributed by atoms with Crippen LogP contribution in [0.3, 0.4) is 0 Å². The standard InChI is InChI=1S/C22H28N8/c1-14(2)29-10-6-7-16(11-29)30-18-9-5-4-8-17(18)28-22(30)15(3)27-21-19-20(24-12-23-19)25-13-26-21/h4-5,8-9,12-16H,6-7,10-11H2,1-3H3,(H2,23,24,25,26,27)/t15-,16?/m0/s1. The first kappa shape index (κ1) is 19.0. The molecule has 4 aromatic rings. The van der Waals surface area contributed by atoms with Gasteiger partial charge >= 0.3 is 0 Å². The van der Waals surface area contributed by atoms with Crippen molar-refractivity contribution in [2.75, 3.05) is 18.4 Å². The minimum Gasteiger partial charge on any atom is -0.358 e. The molecular formula is C22H28N8. The van der Waals surface area contributed by atoms with Gasteiger partial charge in [-0.15, -0.1) is 0 Å². The van der Waals surface area contributed by atoms with Crippen LogP contribution in [0.25, 0.3) is 22.2 Å². The lowest BCUT2D eigenvalue weighted by Crippen LogP contribution is -2.41. The van der Waals surface area contributed by atoms with Crippen molar-refractivity contribution in [3.63, 3.8) is 0 Å². The number of likely N-dealkylation sites (tertiary alicyclic amines) is 1. The van der Waals surface area contributed by atoms with Crippen molar-refractivity contribution in [2.24, 2.45) is 0 Å². The highest BCUT2D eigenvalue weighted by Crippen LogP contribution is 2.32. The Morgan fingerprint density at radius 1 is 1.13 bits per heavy atom. The van der Waals surface area contributed by atoms with Gasteiger partial charge < -0.3 is 14.9 Å². The minimum atomic E-state index is -0.0263. The maximum atomic E-state index is 5.03. The highest BCUT2D eigenvalue weighted by atomic mass is 15.2. The van der Waals surface area contributed by atoms with E-state index in [0.29, 0.717) is 12.1 Å². The van der Waals surface area contributed by atoms with E-state index < -0.39 is 0 Å². The van der Waals surface area contributed by atoms with Crippen molar-refractivity contribution in [3.05, 3.63) is 42.7 Å². The van der Waals surface area contributed by atoms with Crippen molar-refractivity contribution in [1.29, 1.82) is 0 Å². The number of benzene rings is 1. The molecule has 1 aliphatic heterocycles. The maximum Gasteiger partial charge on any atom is 0.162 e. The molecular weight excluding hydrogens is 376 g/mol. The van der Waals surface area contributed by atoms with Crippen molar-refractivity contribution in [3.8, 4) is 0 Å². The number of imidazole rings is 2. The van der Waals surface area contributed by atoms with Crippen molar-refractivity contribution in [1.82, 2.24) is 34.4 Å². The zero-order chi connectivity index (χ0) is 20.7. The highest BCUT2D eigenvalue weighted by Gasteiger charge is 2.28. The summed E-state index contributed by atoms with van der Waals surface area (Å²) in [5.41, 5.74) is 3.71. The van der Waals surface area contributed by atoms with E-state index in [-0.39, 0.29) is 6.04 Å². The first-order valence-electron chi connectivity index (χ1n) is 10.7. The van der Waals surface area contributed by atoms with E-state index >= 15 is 0 Å². The Bertz CT molecular complexity index is 1160. The molecule has 8 nitrogen and oxygen atoms in total. The summed E-state index contributed by atoms with van der Waals surface area (Å²) < 4.78 is 2.45. The third-order valence-electron chi connectivity index (χ3n) is 6.10. The average Bonchev–Trinajstić information content (AvgIpc) is 3.39. The molecule has 1 aromatic carbocycles. The van der Waals surface area contributed by atoms with Crippen LogP contribution in [0.5, 0.6) is 0 Å². The Balaban J connectivity index is 1.54. The number of para-hydroxylation sites is 2. The zero-order valence-electron chi connectivity index (χ0n) is 17.7. The molecule has 0 aliphatic carbocycles. The summed E-state index contributed by atoms with van der Waals surface area (Å²) in [5, 5.41) is 3.53. The molecule has 5 rings (SSSR count). The zero-order valence-corrected chi connectivity index (χ0v) is 17.7. The van der Waals surface area contributed by atoms with Gasteiger partial charge in [-0.1, -0.05) is 12.1 Å². The van der Waals surface area contributed by atoms with Crippen LogP contribution in [0, 0.1) is 0 Å². The van der Waals surface area contributed by atoms with Crippen LogP contribution in [0.2, 0.25) is 0 Å². The lowest BCUT2D eigenvalue weighted by atomic mass is 10.0. The molecule has 4 heterocycles. The second-order valence-corrected chi connectivity index (χ2v) is 8.40. The molecule has 1 fully saturated rings. The Morgan fingerprint density at radius 2 is 2.00 bits per heavy atom. The van der Waals surface area contributed by atoms with E-state index in [9.17, 15) is 0 Å². The third kappa shape index (κ3) is 3.31. The topological polar surface area (TPSA) is 87.5 Å². The number of nitrogens with one attached hydrogen (secondary N) is 2. The van der Waals surface area contributed by atoms with E-state index in [2.05, 4.69) is 79.8 Å². The summed E-state index contributed by atoms with van der Waals surface area (Å²) in [7, 11) is 0. The number of hydrogen-bond acceptors (Lipinski definition) is 6. The molecule has 1 aliphatic rings. The van der Waals surface area contributed by atoms with Gasteiger partial charge in [-0.2, -0.15) is 0 Å². The summed E-state index contributed by atoms with van der Waals surface area (Å²) in [6.45, 7) is 8.92. The molecule has 2 N–H and O–H groups in total. The van der Waals surface area contributed by atoms with Crippen molar-refractivity contribution in [2.45, 2.75) is 51.7 Å². The smallest absolute Gasteiger partial charge is 0.162 e. The van der Waals surface area contributed by atoms with E-state index in [0.717, 1.165) is 34.9 Å². The summed E-state index contributed by atoms with van der Waals surface area (Å²) in [5.74, 6) is 1.76. The van der Waals surface area contributed by atoms with Crippen LogP contribution < -0.4 is 5.32 Å². The molecule has 0 bridgehead atoms. The number of anilines is 1. The van der Waals surface area contributed by atoms with Crippen molar-refractivity contribution < 1.29 is 0 Å².